The van der Waals surface area contributed by atoms with Gasteiger partial charge in [0.05, 0.1) is 30.4 Å². The smallest absolute Gasteiger partial charge is 0.149 e. The van der Waals surface area contributed by atoms with Crippen molar-refractivity contribution in [1.29, 1.82) is 0 Å². The number of pyridine rings is 1. The number of phenols is 1. The lowest BCUT2D eigenvalue weighted by Gasteiger charge is -2.27. The first kappa shape index (κ1) is 35.2. The average Bonchev–Trinajstić information content (AvgIpc) is 3.50. The average molecular weight is 700 g/mol. The third-order valence-corrected chi connectivity index (χ3v) is 12.0. The van der Waals surface area contributed by atoms with E-state index in [2.05, 4.69) is 181 Å². The van der Waals surface area contributed by atoms with Crippen LogP contribution in [-0.2, 0) is 10.8 Å². The monoisotopic (exact) mass is 699 g/mol. The van der Waals surface area contributed by atoms with Crippen LogP contribution in [0.15, 0.2) is 128 Å². The van der Waals surface area contributed by atoms with Gasteiger partial charge in [0, 0.05) is 28.6 Å². The quantitative estimate of drug-likeness (QED) is 0.176. The molecule has 0 aliphatic carbocycles. The van der Waals surface area contributed by atoms with E-state index in [-0.39, 0.29) is 16.6 Å². The second kappa shape index (κ2) is 13.1. The van der Waals surface area contributed by atoms with Crippen molar-refractivity contribution in [3.8, 4) is 56.3 Å². The van der Waals surface area contributed by atoms with Gasteiger partial charge in [-0.25, -0.2) is 4.98 Å². The number of hydrogen-bond acceptors (Lipinski definition) is 3. The first-order chi connectivity index (χ1) is 24.6. The number of imidazole rings is 1. The third-order valence-electron chi connectivity index (χ3n) is 10.00. The van der Waals surface area contributed by atoms with Crippen molar-refractivity contribution >= 4 is 24.3 Å². The molecule has 0 atom stereocenters. The Hall–Kier alpha value is -5.26. The largest absolute Gasteiger partial charge is 0.507 e. The Morgan fingerprint density at radius 3 is 1.90 bits per heavy atom. The molecule has 0 unspecified atom stereocenters. The molecule has 262 valence electrons. The Morgan fingerprint density at radius 2 is 1.25 bits per heavy atom. The van der Waals surface area contributed by atoms with E-state index < -0.39 is 8.07 Å². The summed E-state index contributed by atoms with van der Waals surface area (Å²) in [4.78, 5) is 10.4. The van der Waals surface area contributed by atoms with Crippen molar-refractivity contribution in [1.82, 2.24) is 14.5 Å². The van der Waals surface area contributed by atoms with Crippen LogP contribution in [0.5, 0.6) is 5.75 Å². The summed E-state index contributed by atoms with van der Waals surface area (Å²) in [6, 6.07) is 42.9. The molecular formula is C47H49N3OSi. The molecule has 0 saturated carbocycles. The number of fused-ring (bicyclic) bond motifs is 1. The fourth-order valence-electron chi connectivity index (χ4n) is 6.94. The predicted molar refractivity (Wildman–Crippen MR) is 223 cm³/mol. The van der Waals surface area contributed by atoms with Crippen LogP contribution in [0.25, 0.3) is 61.6 Å². The molecule has 5 aromatic carbocycles. The third kappa shape index (κ3) is 6.73. The molecule has 0 saturated heterocycles. The first-order valence-electron chi connectivity index (χ1n) is 18.2. The highest BCUT2D eigenvalue weighted by Crippen LogP contribution is 2.44. The summed E-state index contributed by atoms with van der Waals surface area (Å²) >= 11 is 0. The van der Waals surface area contributed by atoms with Gasteiger partial charge in [-0.15, -0.1) is 0 Å². The highest BCUT2D eigenvalue weighted by atomic mass is 28.3. The molecule has 2 heterocycles. The molecule has 4 nitrogen and oxygen atoms in total. The minimum atomic E-state index is -1.57. The van der Waals surface area contributed by atoms with Gasteiger partial charge in [-0.05, 0) is 87.7 Å². The van der Waals surface area contributed by atoms with Gasteiger partial charge in [-0.1, -0.05) is 133 Å². The number of benzene rings is 5. The zero-order valence-corrected chi connectivity index (χ0v) is 32.9. The van der Waals surface area contributed by atoms with Gasteiger partial charge in [0.15, 0.2) is 0 Å². The lowest BCUT2D eigenvalue weighted by Crippen LogP contribution is -2.37. The van der Waals surface area contributed by atoms with Gasteiger partial charge in [0.2, 0.25) is 0 Å². The highest BCUT2D eigenvalue weighted by molar-refractivity contribution is 6.88. The van der Waals surface area contributed by atoms with E-state index in [1.807, 2.05) is 12.3 Å². The minimum Gasteiger partial charge on any atom is -0.507 e. The number of nitrogens with zero attached hydrogens (tertiary/aromatic N) is 3. The zero-order chi connectivity index (χ0) is 37.0. The van der Waals surface area contributed by atoms with Crippen LogP contribution in [0.1, 0.15) is 52.7 Å². The molecule has 0 aliphatic rings. The molecule has 7 rings (SSSR count). The van der Waals surface area contributed by atoms with E-state index >= 15 is 0 Å². The summed E-state index contributed by atoms with van der Waals surface area (Å²) < 4.78 is 2.20. The molecule has 0 amide bonds. The number of aromatic hydroxyl groups is 1. The standard InChI is InChI=1S/C47H49N3OSi/c1-46(2,3)35-28-39(44(51)40(29-35)47(4,5)6)45-49-43-38(21-16-22-42(43)50(45)36-19-14-11-15-20-36)33-25-32(31-17-12-10-13-18-31)26-34(27-33)41-30-37(23-24-48-41)52(7,8)9/h10-30,51H,1-9H3. The first-order valence-corrected chi connectivity index (χ1v) is 21.7. The van der Waals surface area contributed by atoms with Crippen LogP contribution in [0.4, 0.5) is 0 Å². The van der Waals surface area contributed by atoms with Crippen LogP contribution >= 0.6 is 0 Å². The summed E-state index contributed by atoms with van der Waals surface area (Å²) in [6.45, 7) is 20.3. The number of aromatic nitrogens is 3. The van der Waals surface area contributed by atoms with E-state index in [4.69, 9.17) is 9.97 Å². The summed E-state index contributed by atoms with van der Waals surface area (Å²) in [6.07, 6.45) is 1.95. The van der Waals surface area contributed by atoms with E-state index in [0.29, 0.717) is 5.82 Å². The summed E-state index contributed by atoms with van der Waals surface area (Å²) in [5.74, 6) is 0.989. The number of para-hydroxylation sites is 2. The molecule has 0 aliphatic heterocycles. The van der Waals surface area contributed by atoms with Crippen molar-refractivity contribution < 1.29 is 5.11 Å². The second-order valence-electron chi connectivity index (χ2n) is 17.0. The molecule has 5 heteroatoms. The molecular weight excluding hydrogens is 651 g/mol. The van der Waals surface area contributed by atoms with Crippen molar-refractivity contribution in [3.05, 3.63) is 139 Å². The maximum absolute atomic E-state index is 12.1. The van der Waals surface area contributed by atoms with Crippen molar-refractivity contribution in [2.45, 2.75) is 72.0 Å². The van der Waals surface area contributed by atoms with Gasteiger partial charge in [-0.3, -0.25) is 9.55 Å². The van der Waals surface area contributed by atoms with Gasteiger partial charge in [-0.2, -0.15) is 0 Å². The maximum Gasteiger partial charge on any atom is 0.149 e. The molecule has 0 spiro atoms. The van der Waals surface area contributed by atoms with E-state index in [1.54, 1.807) is 0 Å². The fraction of sp³-hybridized carbons (Fsp3) is 0.234. The normalized spacial score (nSPS) is 12.4. The van der Waals surface area contributed by atoms with Crippen LogP contribution in [-0.4, -0.2) is 27.7 Å². The Kier molecular flexibility index (Phi) is 8.83. The van der Waals surface area contributed by atoms with Gasteiger partial charge < -0.3 is 5.11 Å². The lowest BCUT2D eigenvalue weighted by molar-refractivity contribution is 0.446. The lowest BCUT2D eigenvalue weighted by atomic mass is 9.79. The highest BCUT2D eigenvalue weighted by Gasteiger charge is 2.28. The molecule has 7 aromatic rings. The van der Waals surface area contributed by atoms with Crippen molar-refractivity contribution in [2.75, 3.05) is 0 Å². The summed E-state index contributed by atoms with van der Waals surface area (Å²) in [5.41, 5.74) is 11.6. The second-order valence-corrected chi connectivity index (χ2v) is 22.1. The maximum atomic E-state index is 12.1. The summed E-state index contributed by atoms with van der Waals surface area (Å²) in [5, 5.41) is 13.5. The molecule has 52 heavy (non-hydrogen) atoms. The Balaban J connectivity index is 1.54. The van der Waals surface area contributed by atoms with E-state index in [9.17, 15) is 5.11 Å². The Labute approximate surface area is 309 Å². The zero-order valence-electron chi connectivity index (χ0n) is 31.9. The van der Waals surface area contributed by atoms with Crippen LogP contribution < -0.4 is 5.19 Å². The molecule has 2 aromatic heterocycles. The number of hydrogen-bond donors (Lipinski definition) is 1. The van der Waals surface area contributed by atoms with E-state index in [0.717, 1.165) is 66.9 Å². The Bertz CT molecular complexity index is 2410. The van der Waals surface area contributed by atoms with E-state index in [1.165, 1.54) is 5.19 Å². The molecule has 0 bridgehead atoms. The number of rotatable bonds is 6. The molecule has 1 N–H and O–H groups in total. The van der Waals surface area contributed by atoms with Crippen LogP contribution in [0, 0.1) is 0 Å². The fourth-order valence-corrected chi connectivity index (χ4v) is 8.09. The van der Waals surface area contributed by atoms with Crippen LogP contribution in [0.2, 0.25) is 19.6 Å². The van der Waals surface area contributed by atoms with Crippen molar-refractivity contribution in [3.63, 3.8) is 0 Å². The van der Waals surface area contributed by atoms with Gasteiger partial charge >= 0.3 is 0 Å². The van der Waals surface area contributed by atoms with Gasteiger partial charge in [0.1, 0.15) is 11.6 Å². The topological polar surface area (TPSA) is 50.9 Å². The summed E-state index contributed by atoms with van der Waals surface area (Å²) in [7, 11) is -1.57. The van der Waals surface area contributed by atoms with Crippen LogP contribution in [0.3, 0.4) is 0 Å². The van der Waals surface area contributed by atoms with Crippen molar-refractivity contribution in [2.24, 2.45) is 0 Å². The SMILES string of the molecule is CC(C)(C)c1cc(-c2nc3c(-c4cc(-c5ccccc5)cc(-c5cc([Si](C)(C)C)ccn5)c4)cccc3n2-c2ccccc2)c(O)c(C(C)(C)C)c1. The number of phenolic OH excluding ortho intramolecular Hbond substituents is 1. The molecule has 0 radical (unpaired) electrons. The predicted octanol–water partition coefficient (Wildman–Crippen LogP) is 11.9. The Morgan fingerprint density at radius 1 is 0.596 bits per heavy atom. The minimum absolute atomic E-state index is 0.133. The van der Waals surface area contributed by atoms with Gasteiger partial charge in [0.25, 0.3) is 0 Å². The molecule has 0 fully saturated rings.